The van der Waals surface area contributed by atoms with E-state index in [1.807, 2.05) is 0 Å². The molecule has 0 aromatic heterocycles. The first-order chi connectivity index (χ1) is 16.4. The summed E-state index contributed by atoms with van der Waals surface area (Å²) in [5.74, 6) is 6.66. The molecule has 0 aliphatic heterocycles. The molecule has 0 radical (unpaired) electrons. The van der Waals surface area contributed by atoms with E-state index >= 15 is 0 Å². The molecular formula is C32H59P. The van der Waals surface area contributed by atoms with E-state index in [4.69, 9.17) is 0 Å². The molecule has 0 saturated heterocycles. The Morgan fingerprint density at radius 3 is 0.848 bits per heavy atom. The van der Waals surface area contributed by atoms with Crippen LogP contribution in [-0.4, -0.2) is 0 Å². The zero-order chi connectivity index (χ0) is 23.9. The lowest BCUT2D eigenvalue weighted by Crippen LogP contribution is -1.82. The van der Waals surface area contributed by atoms with Crippen molar-refractivity contribution in [2.45, 2.75) is 181 Å². The Balaban J connectivity index is 3.20. The lowest BCUT2D eigenvalue weighted by Gasteiger charge is -2.01. The normalized spacial score (nSPS) is 10.5. The highest BCUT2D eigenvalue weighted by Crippen LogP contribution is 2.14. The lowest BCUT2D eigenvalue weighted by atomic mass is 10.0. The van der Waals surface area contributed by atoms with Gasteiger partial charge in [-0.05, 0) is 12.8 Å². The quantitative estimate of drug-likeness (QED) is 0.0741. The zero-order valence-corrected chi connectivity index (χ0v) is 23.9. The molecule has 0 nitrogen and oxygen atoms in total. The van der Waals surface area contributed by atoms with Crippen LogP contribution < -0.4 is 0 Å². The average Bonchev–Trinajstić information content (AvgIpc) is 2.83. The summed E-state index contributed by atoms with van der Waals surface area (Å²) in [4.78, 5) is 0. The zero-order valence-electron chi connectivity index (χ0n) is 22.9. The highest BCUT2D eigenvalue weighted by Gasteiger charge is 1.94. The molecule has 1 heteroatoms. The Kier molecular flexibility index (Phi) is 31.1. The van der Waals surface area contributed by atoms with Crippen LogP contribution in [0.15, 0.2) is 0 Å². The summed E-state index contributed by atoms with van der Waals surface area (Å²) in [5, 5.41) is 0. The van der Waals surface area contributed by atoms with Gasteiger partial charge in [-0.3, -0.25) is 0 Å². The van der Waals surface area contributed by atoms with Gasteiger partial charge in [0.2, 0.25) is 0 Å². The van der Waals surface area contributed by atoms with Gasteiger partial charge in [0, 0.05) is 21.4 Å². The molecule has 33 heavy (non-hydrogen) atoms. The van der Waals surface area contributed by atoms with E-state index in [1.165, 1.54) is 154 Å². The Hall–Kier alpha value is -0.450. The van der Waals surface area contributed by atoms with Crippen molar-refractivity contribution >= 4 is 8.58 Å². The molecule has 0 aromatic carbocycles. The van der Waals surface area contributed by atoms with E-state index in [0.29, 0.717) is 8.58 Å². The van der Waals surface area contributed by atoms with Crippen LogP contribution in [0.4, 0.5) is 0 Å². The number of unbranched alkanes of at least 4 members (excludes halogenated alkanes) is 24. The summed E-state index contributed by atoms with van der Waals surface area (Å²) in [7, 11) is 0.533. The maximum atomic E-state index is 3.33. The van der Waals surface area contributed by atoms with Crippen molar-refractivity contribution in [2.75, 3.05) is 0 Å². The molecule has 0 aromatic rings. The van der Waals surface area contributed by atoms with Crippen LogP contribution in [0.3, 0.4) is 0 Å². The molecule has 0 aliphatic carbocycles. The van der Waals surface area contributed by atoms with E-state index in [9.17, 15) is 0 Å². The third kappa shape index (κ3) is 31.5. The summed E-state index contributed by atoms with van der Waals surface area (Å²) >= 11 is 0. The second-order valence-electron chi connectivity index (χ2n) is 10.0. The van der Waals surface area contributed by atoms with Crippen molar-refractivity contribution in [1.82, 2.24) is 0 Å². The van der Waals surface area contributed by atoms with Crippen molar-refractivity contribution < 1.29 is 0 Å². The molecule has 0 fully saturated rings. The highest BCUT2D eigenvalue weighted by molar-refractivity contribution is 7.49. The minimum Gasteiger partial charge on any atom is -0.0979 e. The van der Waals surface area contributed by atoms with Crippen LogP contribution in [0.1, 0.15) is 181 Å². The van der Waals surface area contributed by atoms with Crippen molar-refractivity contribution in [3.63, 3.8) is 0 Å². The third-order valence-electron chi connectivity index (χ3n) is 6.61. The first kappa shape index (κ1) is 32.5. The Bertz CT molecular complexity index is 428. The first-order valence-corrected chi connectivity index (χ1v) is 16.1. The van der Waals surface area contributed by atoms with E-state index in [2.05, 4.69) is 37.0 Å². The highest BCUT2D eigenvalue weighted by atomic mass is 31.1. The maximum Gasteiger partial charge on any atom is 0.0358 e. The van der Waals surface area contributed by atoms with E-state index in [-0.39, 0.29) is 0 Å². The minimum atomic E-state index is 0.533. The molecular weight excluding hydrogens is 415 g/mol. The van der Waals surface area contributed by atoms with Crippen LogP contribution >= 0.6 is 8.58 Å². The van der Waals surface area contributed by atoms with Gasteiger partial charge in [-0.25, -0.2) is 0 Å². The SMILES string of the molecule is CCCCCCCCCCCCCCC#CPC#CCCCCCCCCCCCCCC. The van der Waals surface area contributed by atoms with Gasteiger partial charge in [-0.2, -0.15) is 0 Å². The topological polar surface area (TPSA) is 0 Å². The van der Waals surface area contributed by atoms with Gasteiger partial charge in [-0.15, -0.1) is 0 Å². The fraction of sp³-hybridized carbons (Fsp3) is 0.875. The fourth-order valence-electron chi connectivity index (χ4n) is 4.35. The van der Waals surface area contributed by atoms with Gasteiger partial charge in [0.25, 0.3) is 0 Å². The van der Waals surface area contributed by atoms with Crippen LogP contribution in [0, 0.1) is 23.2 Å². The van der Waals surface area contributed by atoms with Crippen molar-refractivity contribution in [3.05, 3.63) is 0 Å². The van der Waals surface area contributed by atoms with Crippen molar-refractivity contribution in [3.8, 4) is 23.2 Å². The molecule has 0 spiro atoms. The predicted octanol–water partition coefficient (Wildman–Crippen LogP) is 11.8. The Labute approximate surface area is 212 Å². The maximum absolute atomic E-state index is 3.33. The second-order valence-corrected chi connectivity index (χ2v) is 10.8. The van der Waals surface area contributed by atoms with Crippen molar-refractivity contribution in [2.24, 2.45) is 0 Å². The first-order valence-electron chi connectivity index (χ1n) is 15.1. The second kappa shape index (κ2) is 31.5. The molecule has 0 amide bonds. The van der Waals surface area contributed by atoms with Gasteiger partial charge in [0.15, 0.2) is 0 Å². The Morgan fingerprint density at radius 1 is 0.333 bits per heavy atom. The largest absolute Gasteiger partial charge is 0.0979 e. The Morgan fingerprint density at radius 2 is 0.576 bits per heavy atom. The van der Waals surface area contributed by atoms with Gasteiger partial charge in [-0.1, -0.05) is 178 Å². The van der Waals surface area contributed by atoms with E-state index in [1.54, 1.807) is 0 Å². The summed E-state index contributed by atoms with van der Waals surface area (Å²) in [6, 6.07) is 0. The van der Waals surface area contributed by atoms with E-state index < -0.39 is 0 Å². The minimum absolute atomic E-state index is 0.533. The van der Waals surface area contributed by atoms with Gasteiger partial charge in [0.1, 0.15) is 0 Å². The summed E-state index contributed by atoms with van der Waals surface area (Å²) in [5.41, 5.74) is 6.55. The number of hydrogen-bond acceptors (Lipinski definition) is 0. The van der Waals surface area contributed by atoms with Crippen LogP contribution in [0.25, 0.3) is 0 Å². The standard InChI is InChI=1S/C32H59P/c1-3-5-7-9-11-13-15-17-19-21-23-25-27-29-31-33-32-30-28-26-24-22-20-18-16-14-12-10-8-6-4-2/h33H,3-28H2,1-2H3. The van der Waals surface area contributed by atoms with Crippen LogP contribution in [0.5, 0.6) is 0 Å². The predicted molar refractivity (Wildman–Crippen MR) is 155 cm³/mol. The molecule has 0 atom stereocenters. The molecule has 0 unspecified atom stereocenters. The lowest BCUT2D eigenvalue weighted by molar-refractivity contribution is 0.545. The monoisotopic (exact) mass is 474 g/mol. The summed E-state index contributed by atoms with van der Waals surface area (Å²) in [6.07, 6.45) is 36.1. The molecule has 192 valence electrons. The summed E-state index contributed by atoms with van der Waals surface area (Å²) < 4.78 is 0. The van der Waals surface area contributed by atoms with Gasteiger partial charge >= 0.3 is 0 Å². The number of hydrogen-bond donors (Lipinski definition) is 0. The summed E-state index contributed by atoms with van der Waals surface area (Å²) in [6.45, 7) is 4.59. The molecule has 0 saturated carbocycles. The van der Waals surface area contributed by atoms with Crippen LogP contribution in [0.2, 0.25) is 0 Å². The average molecular weight is 475 g/mol. The van der Waals surface area contributed by atoms with Crippen molar-refractivity contribution in [1.29, 1.82) is 0 Å². The molecule has 0 bridgehead atoms. The molecule has 0 heterocycles. The van der Waals surface area contributed by atoms with Crippen LogP contribution in [-0.2, 0) is 0 Å². The fourth-order valence-corrected chi connectivity index (χ4v) is 4.84. The number of rotatable bonds is 24. The molecule has 0 rings (SSSR count). The van der Waals surface area contributed by atoms with E-state index in [0.717, 1.165) is 12.8 Å². The molecule has 0 aliphatic rings. The smallest absolute Gasteiger partial charge is 0.0358 e. The van der Waals surface area contributed by atoms with Gasteiger partial charge in [0.05, 0.1) is 0 Å². The molecule has 0 N–H and O–H groups in total. The third-order valence-corrected chi connectivity index (χ3v) is 7.22. The van der Waals surface area contributed by atoms with Gasteiger partial charge < -0.3 is 0 Å².